The highest BCUT2D eigenvalue weighted by Gasteiger charge is 2.35. The lowest BCUT2D eigenvalue weighted by Crippen LogP contribution is -2.36. The molecule has 0 bridgehead atoms. The van der Waals surface area contributed by atoms with Crippen molar-refractivity contribution in [2.24, 2.45) is 0 Å². The van der Waals surface area contributed by atoms with Crippen molar-refractivity contribution in [3.8, 4) is 11.4 Å². The molecule has 0 radical (unpaired) electrons. The van der Waals surface area contributed by atoms with E-state index in [0.29, 0.717) is 11.5 Å². The lowest BCUT2D eigenvalue weighted by Gasteiger charge is -2.08. The molecule has 2 aromatic heterocycles. The number of anilines is 1. The number of hydrazine groups is 1. The van der Waals surface area contributed by atoms with E-state index in [0.717, 1.165) is 22.8 Å². The number of esters is 1. The van der Waals surface area contributed by atoms with Crippen molar-refractivity contribution in [1.29, 1.82) is 0 Å². The van der Waals surface area contributed by atoms with E-state index in [-0.39, 0.29) is 13.0 Å². The Kier molecular flexibility index (Phi) is 3.92. The van der Waals surface area contributed by atoms with Crippen LogP contribution in [0.25, 0.3) is 11.4 Å². The van der Waals surface area contributed by atoms with Crippen LogP contribution in [-0.2, 0) is 14.3 Å². The molecule has 126 valence electrons. The van der Waals surface area contributed by atoms with E-state index in [1.807, 2.05) is 20.8 Å². The molecule has 1 amide bonds. The van der Waals surface area contributed by atoms with Crippen LogP contribution in [0.3, 0.4) is 0 Å². The third-order valence-electron chi connectivity index (χ3n) is 3.60. The molecular formula is C15H18N6O3. The maximum absolute atomic E-state index is 11.7. The summed E-state index contributed by atoms with van der Waals surface area (Å²) in [4.78, 5) is 33.5. The number of carbonyl (C=O) groups is 2. The second-order valence-electron chi connectivity index (χ2n) is 5.43. The topological polar surface area (TPSA) is 102 Å². The maximum atomic E-state index is 11.7. The molecule has 0 fully saturated rings. The fourth-order valence-electron chi connectivity index (χ4n) is 2.29. The fourth-order valence-corrected chi connectivity index (χ4v) is 2.29. The predicted molar refractivity (Wildman–Crippen MR) is 84.7 cm³/mol. The van der Waals surface area contributed by atoms with Crippen LogP contribution in [0.5, 0.6) is 0 Å². The standard InChI is InChI=1S/C15H18N6O3/c1-5-24-14(23)7-12(22)19-21-13-6-11(18-20(13)21)15-10(4)16-8(2)9(3)17-15/h6H,5,7H2,1-4H3,(H,19,22). The molecule has 9 heteroatoms. The summed E-state index contributed by atoms with van der Waals surface area (Å²) in [6.07, 6.45) is -0.330. The third kappa shape index (κ3) is 2.92. The van der Waals surface area contributed by atoms with E-state index in [2.05, 4.69) is 20.5 Å². The van der Waals surface area contributed by atoms with E-state index in [4.69, 9.17) is 4.74 Å². The van der Waals surface area contributed by atoms with Gasteiger partial charge in [0.1, 0.15) is 17.8 Å². The van der Waals surface area contributed by atoms with Crippen molar-refractivity contribution < 1.29 is 14.3 Å². The van der Waals surface area contributed by atoms with Crippen LogP contribution < -0.4 is 10.5 Å². The van der Waals surface area contributed by atoms with Gasteiger partial charge in [-0.15, -0.1) is 15.0 Å². The summed E-state index contributed by atoms with van der Waals surface area (Å²) in [5, 5.41) is 5.82. The van der Waals surface area contributed by atoms with Crippen molar-refractivity contribution in [3.05, 3.63) is 23.1 Å². The lowest BCUT2D eigenvalue weighted by atomic mass is 10.2. The van der Waals surface area contributed by atoms with E-state index in [1.54, 1.807) is 13.0 Å². The molecular weight excluding hydrogens is 312 g/mol. The Morgan fingerprint density at radius 2 is 1.88 bits per heavy atom. The Morgan fingerprint density at radius 1 is 1.17 bits per heavy atom. The Bertz CT molecular complexity index is 807. The average molecular weight is 330 g/mol. The smallest absolute Gasteiger partial charge is 0.315 e. The second-order valence-corrected chi connectivity index (χ2v) is 5.43. The molecule has 1 N–H and O–H groups in total. The predicted octanol–water partition coefficient (Wildman–Crippen LogP) is 0.833. The van der Waals surface area contributed by atoms with Crippen molar-refractivity contribution in [1.82, 2.24) is 25.3 Å². The highest BCUT2D eigenvalue weighted by molar-refractivity contribution is 5.95. The number of hydrogen-bond acceptors (Lipinski definition) is 7. The van der Waals surface area contributed by atoms with Gasteiger partial charge in [0.15, 0.2) is 5.82 Å². The van der Waals surface area contributed by atoms with E-state index in [1.165, 1.54) is 9.91 Å². The molecule has 3 rings (SSSR count). The van der Waals surface area contributed by atoms with Gasteiger partial charge >= 0.3 is 5.97 Å². The Balaban J connectivity index is 1.66. The SMILES string of the molecule is CCOC(=O)CC(=O)NN1c2cc(-c3nc(C)c(C)nc3C)nn21. The second kappa shape index (κ2) is 5.91. The van der Waals surface area contributed by atoms with Gasteiger partial charge in [-0.3, -0.25) is 14.6 Å². The summed E-state index contributed by atoms with van der Waals surface area (Å²) in [5.41, 5.74) is 6.51. The minimum Gasteiger partial charge on any atom is -0.466 e. The van der Waals surface area contributed by atoms with Gasteiger partial charge < -0.3 is 4.74 Å². The zero-order valence-corrected chi connectivity index (χ0v) is 14.0. The molecule has 1 aliphatic rings. The lowest BCUT2D eigenvalue weighted by molar-refractivity contribution is -0.145. The number of fused-ring (bicyclic) bond motifs is 1. The van der Waals surface area contributed by atoms with E-state index >= 15 is 0 Å². The third-order valence-corrected chi connectivity index (χ3v) is 3.60. The van der Waals surface area contributed by atoms with Crippen LogP contribution in [0.2, 0.25) is 0 Å². The van der Waals surface area contributed by atoms with Gasteiger partial charge in [0.05, 0.1) is 23.7 Å². The molecule has 0 atom stereocenters. The molecule has 3 heterocycles. The minimum absolute atomic E-state index is 0.247. The Morgan fingerprint density at radius 3 is 2.50 bits per heavy atom. The quantitative estimate of drug-likeness (QED) is 0.492. The largest absolute Gasteiger partial charge is 0.466 e. The number of rotatable bonds is 5. The zero-order chi connectivity index (χ0) is 17.4. The fraction of sp³-hybridized carbons (Fsp3) is 0.400. The molecule has 0 spiro atoms. The van der Waals surface area contributed by atoms with Crippen LogP contribution in [0, 0.1) is 20.8 Å². The number of ether oxygens (including phenoxy) is 1. The summed E-state index contributed by atoms with van der Waals surface area (Å²) >= 11 is 0. The van der Waals surface area contributed by atoms with Crippen molar-refractivity contribution in [2.75, 3.05) is 11.7 Å². The highest BCUT2D eigenvalue weighted by atomic mass is 16.5. The van der Waals surface area contributed by atoms with Gasteiger partial charge in [-0.2, -0.15) is 0 Å². The van der Waals surface area contributed by atoms with Crippen LogP contribution >= 0.6 is 0 Å². The van der Waals surface area contributed by atoms with Crippen LogP contribution in [0.4, 0.5) is 5.82 Å². The van der Waals surface area contributed by atoms with Gasteiger partial charge in [0.25, 0.3) is 5.91 Å². The summed E-state index contributed by atoms with van der Waals surface area (Å²) in [6, 6.07) is 1.80. The van der Waals surface area contributed by atoms with Crippen molar-refractivity contribution in [3.63, 3.8) is 0 Å². The molecule has 0 aromatic carbocycles. The molecule has 0 unspecified atom stereocenters. The van der Waals surface area contributed by atoms with Crippen molar-refractivity contribution in [2.45, 2.75) is 34.1 Å². The number of aromatic nitrogens is 4. The number of aryl methyl sites for hydroxylation is 3. The Labute approximate surface area is 138 Å². The summed E-state index contributed by atoms with van der Waals surface area (Å²) < 4.78 is 4.73. The highest BCUT2D eigenvalue weighted by Crippen LogP contribution is 2.33. The molecule has 9 nitrogen and oxygen atoms in total. The number of carbonyl (C=O) groups excluding carboxylic acids is 2. The average Bonchev–Trinajstić information content (AvgIpc) is 2.94. The molecule has 24 heavy (non-hydrogen) atoms. The molecule has 0 saturated heterocycles. The van der Waals surface area contributed by atoms with Gasteiger partial charge in [0, 0.05) is 6.07 Å². The first-order valence-corrected chi connectivity index (χ1v) is 7.58. The monoisotopic (exact) mass is 330 g/mol. The normalized spacial score (nSPS) is 11.9. The van der Waals surface area contributed by atoms with Crippen LogP contribution in [0.1, 0.15) is 30.4 Å². The Hall–Kier alpha value is -2.97. The first kappa shape index (κ1) is 15.9. The van der Waals surface area contributed by atoms with Crippen molar-refractivity contribution >= 4 is 17.7 Å². The summed E-state index contributed by atoms with van der Waals surface area (Å²) in [5.74, 6) is -0.305. The molecule has 0 saturated carbocycles. The van der Waals surface area contributed by atoms with E-state index < -0.39 is 11.9 Å². The van der Waals surface area contributed by atoms with Gasteiger partial charge in [-0.25, -0.2) is 10.4 Å². The first-order chi connectivity index (χ1) is 11.4. The van der Waals surface area contributed by atoms with Gasteiger partial charge in [-0.05, 0) is 27.7 Å². The summed E-state index contributed by atoms with van der Waals surface area (Å²) in [7, 11) is 0. The minimum atomic E-state index is -0.559. The molecule has 0 aliphatic carbocycles. The molecule has 1 aliphatic heterocycles. The summed E-state index contributed by atoms with van der Waals surface area (Å²) in [6.45, 7) is 7.63. The number of nitrogens with zero attached hydrogens (tertiary/aromatic N) is 5. The van der Waals surface area contributed by atoms with E-state index in [9.17, 15) is 9.59 Å². The maximum Gasteiger partial charge on any atom is 0.315 e. The van der Waals surface area contributed by atoms with Crippen LogP contribution in [0.15, 0.2) is 6.07 Å². The molecule has 2 aromatic rings. The van der Waals surface area contributed by atoms with Gasteiger partial charge in [0.2, 0.25) is 0 Å². The zero-order valence-electron chi connectivity index (χ0n) is 14.0. The van der Waals surface area contributed by atoms with Crippen LogP contribution in [-0.4, -0.2) is 38.3 Å². The van der Waals surface area contributed by atoms with Gasteiger partial charge in [-0.1, -0.05) is 0 Å². The first-order valence-electron chi connectivity index (χ1n) is 7.58. The number of nitrogens with one attached hydrogen (secondary N) is 1. The number of amides is 1. The number of hydrogen-bond donors (Lipinski definition) is 1.